The highest BCUT2D eigenvalue weighted by Gasteiger charge is 2.00. The third-order valence-electron chi connectivity index (χ3n) is 1.20. The quantitative estimate of drug-likeness (QED) is 0.480. The summed E-state index contributed by atoms with van der Waals surface area (Å²) < 4.78 is 0. The Kier molecular flexibility index (Phi) is 4.09. The highest BCUT2D eigenvalue weighted by Crippen LogP contribution is 1.96. The van der Waals surface area contributed by atoms with Gasteiger partial charge in [-0.2, -0.15) is 0 Å². The SMILES string of the molecule is C=C(N)C(N)CCCN. The molecule has 0 radical (unpaired) electrons. The smallest absolute Gasteiger partial charge is 0.0436 e. The van der Waals surface area contributed by atoms with Crippen LogP contribution in [0.25, 0.3) is 0 Å². The molecule has 0 spiro atoms. The Bertz CT molecular complexity index is 90.3. The van der Waals surface area contributed by atoms with Crippen molar-refractivity contribution in [3.63, 3.8) is 0 Å². The van der Waals surface area contributed by atoms with Crippen molar-refractivity contribution in [3.8, 4) is 0 Å². The van der Waals surface area contributed by atoms with Crippen molar-refractivity contribution in [3.05, 3.63) is 12.3 Å². The summed E-state index contributed by atoms with van der Waals surface area (Å²) in [4.78, 5) is 0. The van der Waals surface area contributed by atoms with E-state index < -0.39 is 0 Å². The molecule has 3 nitrogen and oxygen atoms in total. The lowest BCUT2D eigenvalue weighted by Crippen LogP contribution is -2.27. The van der Waals surface area contributed by atoms with Gasteiger partial charge in [-0.15, -0.1) is 0 Å². The van der Waals surface area contributed by atoms with Gasteiger partial charge in [0.2, 0.25) is 0 Å². The zero-order chi connectivity index (χ0) is 7.28. The summed E-state index contributed by atoms with van der Waals surface area (Å²) in [5.41, 5.74) is 16.6. The minimum atomic E-state index is -0.0754. The molecule has 0 aliphatic heterocycles. The van der Waals surface area contributed by atoms with E-state index in [0.717, 1.165) is 12.8 Å². The molecule has 0 aliphatic rings. The highest BCUT2D eigenvalue weighted by atomic mass is 14.7. The fraction of sp³-hybridized carbons (Fsp3) is 0.667. The van der Waals surface area contributed by atoms with Crippen molar-refractivity contribution in [2.24, 2.45) is 17.2 Å². The number of hydrogen-bond donors (Lipinski definition) is 3. The van der Waals surface area contributed by atoms with Crippen LogP contribution in [-0.2, 0) is 0 Å². The first-order chi connectivity index (χ1) is 4.18. The van der Waals surface area contributed by atoms with Gasteiger partial charge in [0, 0.05) is 11.7 Å². The molecule has 0 aromatic heterocycles. The normalized spacial score (nSPS) is 13.1. The molecule has 0 aromatic rings. The standard InChI is InChI=1S/C6H15N3/c1-5(8)6(9)3-2-4-7/h6H,1-4,7-9H2. The first-order valence-electron chi connectivity index (χ1n) is 3.08. The fourth-order valence-corrected chi connectivity index (χ4v) is 0.523. The molecule has 1 unspecified atom stereocenters. The molecule has 0 saturated carbocycles. The predicted octanol–water partition coefficient (Wildman–Crippen LogP) is -0.475. The average molecular weight is 129 g/mol. The van der Waals surface area contributed by atoms with Crippen LogP contribution in [0.5, 0.6) is 0 Å². The molecule has 0 saturated heterocycles. The lowest BCUT2D eigenvalue weighted by atomic mass is 10.1. The first-order valence-corrected chi connectivity index (χ1v) is 3.08. The maximum absolute atomic E-state index is 5.52. The Labute approximate surface area is 55.9 Å². The molecule has 3 heteroatoms. The fourth-order valence-electron chi connectivity index (χ4n) is 0.523. The lowest BCUT2D eigenvalue weighted by Gasteiger charge is -2.08. The highest BCUT2D eigenvalue weighted by molar-refractivity contribution is 4.97. The van der Waals surface area contributed by atoms with Crippen LogP contribution in [-0.4, -0.2) is 12.6 Å². The third kappa shape index (κ3) is 4.00. The first kappa shape index (κ1) is 8.46. The maximum atomic E-state index is 5.52. The minimum absolute atomic E-state index is 0.0754. The topological polar surface area (TPSA) is 78.1 Å². The molecule has 0 bridgehead atoms. The van der Waals surface area contributed by atoms with Crippen LogP contribution in [0.4, 0.5) is 0 Å². The van der Waals surface area contributed by atoms with E-state index in [4.69, 9.17) is 17.2 Å². The summed E-state index contributed by atoms with van der Waals surface area (Å²) in [7, 11) is 0. The summed E-state index contributed by atoms with van der Waals surface area (Å²) in [5.74, 6) is 0. The van der Waals surface area contributed by atoms with Crippen molar-refractivity contribution in [1.29, 1.82) is 0 Å². The van der Waals surface area contributed by atoms with Crippen molar-refractivity contribution >= 4 is 0 Å². The van der Waals surface area contributed by atoms with Gasteiger partial charge in [-0.1, -0.05) is 6.58 Å². The van der Waals surface area contributed by atoms with Crippen LogP contribution in [0.1, 0.15) is 12.8 Å². The molecule has 1 atom stereocenters. The van der Waals surface area contributed by atoms with Gasteiger partial charge in [0.05, 0.1) is 0 Å². The van der Waals surface area contributed by atoms with Crippen LogP contribution >= 0.6 is 0 Å². The second-order valence-corrected chi connectivity index (χ2v) is 2.11. The Balaban J connectivity index is 3.27. The zero-order valence-electron chi connectivity index (χ0n) is 5.64. The Morgan fingerprint density at radius 1 is 1.56 bits per heavy atom. The largest absolute Gasteiger partial charge is 0.401 e. The molecule has 6 N–H and O–H groups in total. The van der Waals surface area contributed by atoms with Crippen molar-refractivity contribution in [2.45, 2.75) is 18.9 Å². The predicted molar refractivity (Wildman–Crippen MR) is 39.6 cm³/mol. The van der Waals surface area contributed by atoms with Crippen LogP contribution in [0.3, 0.4) is 0 Å². The summed E-state index contributed by atoms with van der Waals surface area (Å²) in [6.07, 6.45) is 1.75. The van der Waals surface area contributed by atoms with Gasteiger partial charge < -0.3 is 17.2 Å². The van der Waals surface area contributed by atoms with E-state index in [1.165, 1.54) is 0 Å². The molecular weight excluding hydrogens is 114 g/mol. The summed E-state index contributed by atoms with van der Waals surface area (Å²) >= 11 is 0. The maximum Gasteiger partial charge on any atom is 0.0436 e. The lowest BCUT2D eigenvalue weighted by molar-refractivity contribution is 0.646. The summed E-state index contributed by atoms with van der Waals surface area (Å²) in [6, 6.07) is -0.0754. The monoisotopic (exact) mass is 129 g/mol. The number of hydrogen-bond acceptors (Lipinski definition) is 3. The van der Waals surface area contributed by atoms with E-state index in [2.05, 4.69) is 6.58 Å². The van der Waals surface area contributed by atoms with Crippen molar-refractivity contribution < 1.29 is 0 Å². The molecule has 54 valence electrons. The second kappa shape index (κ2) is 4.35. The minimum Gasteiger partial charge on any atom is -0.401 e. The molecule has 9 heavy (non-hydrogen) atoms. The van der Waals surface area contributed by atoms with Crippen molar-refractivity contribution in [2.75, 3.05) is 6.54 Å². The van der Waals surface area contributed by atoms with Crippen LogP contribution in [0.2, 0.25) is 0 Å². The number of nitrogens with two attached hydrogens (primary N) is 3. The molecule has 0 amide bonds. The zero-order valence-corrected chi connectivity index (χ0v) is 5.64. The van der Waals surface area contributed by atoms with Crippen LogP contribution in [0, 0.1) is 0 Å². The van der Waals surface area contributed by atoms with Crippen LogP contribution < -0.4 is 17.2 Å². The summed E-state index contributed by atoms with van der Waals surface area (Å²) in [5, 5.41) is 0. The molecular formula is C6H15N3. The van der Waals surface area contributed by atoms with Crippen LogP contribution in [0.15, 0.2) is 12.3 Å². The van der Waals surface area contributed by atoms with Gasteiger partial charge >= 0.3 is 0 Å². The summed E-state index contributed by atoms with van der Waals surface area (Å²) in [6.45, 7) is 4.19. The third-order valence-corrected chi connectivity index (χ3v) is 1.20. The van der Waals surface area contributed by atoms with E-state index in [1.807, 2.05) is 0 Å². The van der Waals surface area contributed by atoms with Gasteiger partial charge in [-0.25, -0.2) is 0 Å². The van der Waals surface area contributed by atoms with Gasteiger partial charge in [-0.3, -0.25) is 0 Å². The second-order valence-electron chi connectivity index (χ2n) is 2.11. The van der Waals surface area contributed by atoms with Gasteiger partial charge in [0.15, 0.2) is 0 Å². The van der Waals surface area contributed by atoms with E-state index >= 15 is 0 Å². The molecule has 0 aromatic carbocycles. The molecule has 0 heterocycles. The van der Waals surface area contributed by atoms with Gasteiger partial charge in [0.25, 0.3) is 0 Å². The molecule has 0 fully saturated rings. The van der Waals surface area contributed by atoms with E-state index in [0.29, 0.717) is 12.2 Å². The Hall–Kier alpha value is -0.540. The average Bonchev–Trinajstić information content (AvgIpc) is 1.82. The molecule has 0 aliphatic carbocycles. The Morgan fingerprint density at radius 3 is 2.44 bits per heavy atom. The van der Waals surface area contributed by atoms with E-state index in [-0.39, 0.29) is 6.04 Å². The molecule has 0 rings (SSSR count). The van der Waals surface area contributed by atoms with Crippen molar-refractivity contribution in [1.82, 2.24) is 0 Å². The van der Waals surface area contributed by atoms with Gasteiger partial charge in [0.1, 0.15) is 0 Å². The van der Waals surface area contributed by atoms with Gasteiger partial charge in [-0.05, 0) is 19.4 Å². The Morgan fingerprint density at radius 2 is 2.11 bits per heavy atom. The van der Waals surface area contributed by atoms with E-state index in [9.17, 15) is 0 Å². The number of rotatable bonds is 4. The van der Waals surface area contributed by atoms with E-state index in [1.54, 1.807) is 0 Å².